The minimum Gasteiger partial charge on any atom is -0.382 e. The molecule has 0 aliphatic rings. The Morgan fingerprint density at radius 2 is 1.84 bits per heavy atom. The predicted molar refractivity (Wildman–Crippen MR) is 79.8 cm³/mol. The molecule has 19 heavy (non-hydrogen) atoms. The van der Waals surface area contributed by atoms with E-state index in [0.29, 0.717) is 0 Å². The van der Waals surface area contributed by atoms with Crippen LogP contribution in [0.1, 0.15) is 39.4 Å². The fourth-order valence-corrected chi connectivity index (χ4v) is 1.73. The van der Waals surface area contributed by atoms with Gasteiger partial charge in [-0.15, -0.1) is 0 Å². The molecule has 0 bridgehead atoms. The van der Waals surface area contributed by atoms with Crippen molar-refractivity contribution in [3.63, 3.8) is 0 Å². The van der Waals surface area contributed by atoms with Crippen LogP contribution in [0.5, 0.6) is 0 Å². The van der Waals surface area contributed by atoms with E-state index in [1.54, 1.807) is 0 Å². The second-order valence-electron chi connectivity index (χ2n) is 4.31. The number of hydrogen-bond donors (Lipinski definition) is 2. The maximum Gasteiger partial charge on any atom is 0.133 e. The van der Waals surface area contributed by atoms with Gasteiger partial charge in [0, 0.05) is 38.8 Å². The molecule has 1 rings (SSSR count). The summed E-state index contributed by atoms with van der Waals surface area (Å²) in [5.41, 5.74) is 0. The van der Waals surface area contributed by atoms with Gasteiger partial charge >= 0.3 is 0 Å². The van der Waals surface area contributed by atoms with Crippen molar-refractivity contribution in [3.8, 4) is 0 Å². The van der Waals surface area contributed by atoms with E-state index in [9.17, 15) is 0 Å². The Kier molecular flexibility index (Phi) is 7.89. The largest absolute Gasteiger partial charge is 0.382 e. The molecule has 1 aromatic rings. The normalized spacial score (nSPS) is 10.5. The van der Waals surface area contributed by atoms with Gasteiger partial charge in [0.2, 0.25) is 0 Å². The molecule has 0 unspecified atom stereocenters. The van der Waals surface area contributed by atoms with Crippen LogP contribution in [0.15, 0.2) is 6.07 Å². The molecule has 0 aliphatic carbocycles. The van der Waals surface area contributed by atoms with Gasteiger partial charge in [-0.3, -0.25) is 0 Å². The molecule has 5 nitrogen and oxygen atoms in total. The highest BCUT2D eigenvalue weighted by Gasteiger charge is 2.03. The van der Waals surface area contributed by atoms with E-state index in [1.165, 1.54) is 0 Å². The van der Waals surface area contributed by atoms with Crippen molar-refractivity contribution in [1.82, 2.24) is 9.97 Å². The maximum absolute atomic E-state index is 5.31. The summed E-state index contributed by atoms with van der Waals surface area (Å²) < 4.78 is 5.31. The third-order valence-corrected chi connectivity index (χ3v) is 2.58. The molecule has 0 saturated heterocycles. The van der Waals surface area contributed by atoms with Crippen LogP contribution in [0.4, 0.5) is 11.6 Å². The summed E-state index contributed by atoms with van der Waals surface area (Å²) in [7, 11) is 0. The van der Waals surface area contributed by atoms with Crippen LogP contribution in [0.3, 0.4) is 0 Å². The lowest BCUT2D eigenvalue weighted by atomic mass is 10.3. The number of aromatic nitrogens is 2. The van der Waals surface area contributed by atoms with E-state index >= 15 is 0 Å². The summed E-state index contributed by atoms with van der Waals surface area (Å²) in [6.07, 6.45) is 2.95. The van der Waals surface area contributed by atoms with Gasteiger partial charge in [0.1, 0.15) is 17.5 Å². The van der Waals surface area contributed by atoms with Crippen LogP contribution in [-0.4, -0.2) is 36.3 Å². The lowest BCUT2D eigenvalue weighted by Crippen LogP contribution is -2.10. The van der Waals surface area contributed by atoms with E-state index in [1.807, 2.05) is 13.0 Å². The zero-order valence-electron chi connectivity index (χ0n) is 12.3. The summed E-state index contributed by atoms with van der Waals surface area (Å²) in [5, 5.41) is 6.57. The van der Waals surface area contributed by atoms with E-state index in [4.69, 9.17) is 4.74 Å². The van der Waals surface area contributed by atoms with Gasteiger partial charge in [-0.2, -0.15) is 0 Å². The number of nitrogens with zero attached hydrogens (tertiary/aromatic N) is 2. The Balaban J connectivity index is 2.54. The highest BCUT2D eigenvalue weighted by molar-refractivity contribution is 5.47. The minimum atomic E-state index is 0.777. The lowest BCUT2D eigenvalue weighted by molar-refractivity contribution is 0.147. The van der Waals surface area contributed by atoms with Crippen molar-refractivity contribution in [3.05, 3.63) is 11.9 Å². The Morgan fingerprint density at radius 3 is 2.47 bits per heavy atom. The van der Waals surface area contributed by atoms with Crippen LogP contribution < -0.4 is 10.6 Å². The van der Waals surface area contributed by atoms with Crippen LogP contribution in [0, 0.1) is 0 Å². The zero-order chi connectivity index (χ0) is 13.9. The molecule has 2 N–H and O–H groups in total. The van der Waals surface area contributed by atoms with E-state index in [-0.39, 0.29) is 0 Å². The molecule has 0 fully saturated rings. The van der Waals surface area contributed by atoms with E-state index in [2.05, 4.69) is 34.4 Å². The molecule has 0 radical (unpaired) electrons. The van der Waals surface area contributed by atoms with Gasteiger partial charge in [0.15, 0.2) is 0 Å². The lowest BCUT2D eigenvalue weighted by Gasteiger charge is -2.10. The van der Waals surface area contributed by atoms with Gasteiger partial charge in [-0.05, 0) is 26.7 Å². The average molecular weight is 266 g/mol. The summed E-state index contributed by atoms with van der Waals surface area (Å²) in [6.45, 7) is 9.52. The molecule has 0 spiro atoms. The molecule has 1 heterocycles. The first-order chi connectivity index (χ1) is 9.30. The Labute approximate surface area is 116 Å². The predicted octanol–water partition coefficient (Wildman–Crippen LogP) is 2.70. The summed E-state index contributed by atoms with van der Waals surface area (Å²) in [4.78, 5) is 9.00. The molecule has 0 aromatic carbocycles. The number of ether oxygens (including phenoxy) is 1. The van der Waals surface area contributed by atoms with Crippen molar-refractivity contribution < 1.29 is 4.74 Å². The van der Waals surface area contributed by atoms with Crippen molar-refractivity contribution in [2.75, 3.05) is 36.9 Å². The number of hydrogen-bond acceptors (Lipinski definition) is 5. The van der Waals surface area contributed by atoms with Crippen molar-refractivity contribution in [2.45, 2.75) is 40.0 Å². The average Bonchev–Trinajstić information content (AvgIpc) is 2.39. The molecule has 0 amide bonds. The zero-order valence-corrected chi connectivity index (χ0v) is 12.3. The van der Waals surface area contributed by atoms with Gasteiger partial charge in [0.05, 0.1) is 0 Å². The Bertz CT molecular complexity index is 333. The topological polar surface area (TPSA) is 59.1 Å². The fourth-order valence-electron chi connectivity index (χ4n) is 1.73. The van der Waals surface area contributed by atoms with Crippen molar-refractivity contribution in [1.29, 1.82) is 0 Å². The Morgan fingerprint density at radius 1 is 1.11 bits per heavy atom. The summed E-state index contributed by atoms with van der Waals surface area (Å²) in [6, 6.07) is 1.96. The highest BCUT2D eigenvalue weighted by Crippen LogP contribution is 2.12. The second-order valence-corrected chi connectivity index (χ2v) is 4.31. The van der Waals surface area contributed by atoms with Crippen LogP contribution in [0.25, 0.3) is 0 Å². The first-order valence-corrected chi connectivity index (χ1v) is 7.23. The van der Waals surface area contributed by atoms with Gasteiger partial charge < -0.3 is 15.4 Å². The van der Waals surface area contributed by atoms with Crippen LogP contribution in [-0.2, 0) is 11.2 Å². The van der Waals surface area contributed by atoms with Gasteiger partial charge in [0.25, 0.3) is 0 Å². The van der Waals surface area contributed by atoms with E-state index < -0.39 is 0 Å². The van der Waals surface area contributed by atoms with E-state index in [0.717, 1.165) is 63.0 Å². The molecule has 0 atom stereocenters. The number of rotatable bonds is 10. The second kappa shape index (κ2) is 9.55. The van der Waals surface area contributed by atoms with Crippen LogP contribution in [0.2, 0.25) is 0 Å². The fraction of sp³-hybridized carbons (Fsp3) is 0.714. The third-order valence-electron chi connectivity index (χ3n) is 2.58. The third kappa shape index (κ3) is 6.38. The number of aryl methyl sites for hydroxylation is 1. The summed E-state index contributed by atoms with van der Waals surface area (Å²) >= 11 is 0. The molecule has 5 heteroatoms. The van der Waals surface area contributed by atoms with Crippen LogP contribution >= 0.6 is 0 Å². The quantitative estimate of drug-likeness (QED) is 0.638. The highest BCUT2D eigenvalue weighted by atomic mass is 16.5. The number of anilines is 2. The molecular formula is C14H26N4O. The smallest absolute Gasteiger partial charge is 0.133 e. The van der Waals surface area contributed by atoms with Gasteiger partial charge in [-0.1, -0.05) is 6.92 Å². The minimum absolute atomic E-state index is 0.777. The molecular weight excluding hydrogens is 240 g/mol. The summed E-state index contributed by atoms with van der Waals surface area (Å²) in [5.74, 6) is 2.69. The molecule has 108 valence electrons. The Hall–Kier alpha value is -1.36. The monoisotopic (exact) mass is 266 g/mol. The SMILES string of the molecule is CCCc1nc(NCC)cc(NCCCOCC)n1. The standard InChI is InChI=1S/C14H26N4O/c1-4-8-12-17-13(15-5-2)11-14(18-12)16-9-7-10-19-6-3/h11H,4-10H2,1-3H3,(H2,15,16,17,18). The molecule has 0 saturated carbocycles. The van der Waals surface area contributed by atoms with Crippen molar-refractivity contribution in [2.24, 2.45) is 0 Å². The first kappa shape index (κ1) is 15.7. The maximum atomic E-state index is 5.31. The molecule has 1 aromatic heterocycles. The first-order valence-electron chi connectivity index (χ1n) is 7.23. The number of nitrogens with one attached hydrogen (secondary N) is 2. The van der Waals surface area contributed by atoms with Gasteiger partial charge in [-0.25, -0.2) is 9.97 Å². The molecule has 0 aliphatic heterocycles. The van der Waals surface area contributed by atoms with Crippen molar-refractivity contribution >= 4 is 11.6 Å².